The van der Waals surface area contributed by atoms with Crippen molar-refractivity contribution >= 4 is 0 Å². The maximum atomic E-state index is 14.9. The lowest BCUT2D eigenvalue weighted by Crippen LogP contribution is -1.95. The van der Waals surface area contributed by atoms with Crippen LogP contribution in [0.5, 0.6) is 0 Å². The Hall–Kier alpha value is -2.07. The molecular weight excluding hydrogens is 403 g/mol. The van der Waals surface area contributed by atoms with Crippen LogP contribution in [0.4, 0.5) is 4.39 Å². The summed E-state index contributed by atoms with van der Waals surface area (Å²) in [7, 11) is 0. The van der Waals surface area contributed by atoms with Crippen LogP contribution in [0.2, 0.25) is 0 Å². The molecule has 0 aromatic carbocycles. The Morgan fingerprint density at radius 3 is 2.36 bits per heavy atom. The molecule has 2 atom stereocenters. The van der Waals surface area contributed by atoms with Gasteiger partial charge in [0.2, 0.25) is 0 Å². The smallest absolute Gasteiger partial charge is 0.101 e. The first-order valence-electron chi connectivity index (χ1n) is 13.1. The molecule has 0 aliphatic heterocycles. The molecule has 0 saturated carbocycles. The zero-order valence-corrected chi connectivity index (χ0v) is 22.3. The van der Waals surface area contributed by atoms with Gasteiger partial charge in [-0.15, -0.1) is 12.3 Å². The summed E-state index contributed by atoms with van der Waals surface area (Å²) >= 11 is 0. The molecule has 0 rings (SSSR count). The van der Waals surface area contributed by atoms with Crippen LogP contribution in [0.1, 0.15) is 106 Å². The highest BCUT2D eigenvalue weighted by Gasteiger charge is 2.08. The average Bonchev–Trinajstić information content (AvgIpc) is 2.78. The first-order valence-corrected chi connectivity index (χ1v) is 13.1. The second-order valence-electron chi connectivity index (χ2n) is 9.06. The van der Waals surface area contributed by atoms with E-state index in [2.05, 4.69) is 90.0 Å². The molecule has 0 aromatic rings. The molecule has 0 nitrogen and oxygen atoms in total. The minimum atomic E-state index is -0.0372. The van der Waals surface area contributed by atoms with E-state index in [1.807, 2.05) is 6.08 Å². The van der Waals surface area contributed by atoms with Crippen LogP contribution in [-0.4, -0.2) is 0 Å². The van der Waals surface area contributed by atoms with E-state index >= 15 is 0 Å². The number of rotatable bonds is 17. The van der Waals surface area contributed by atoms with Gasteiger partial charge in [0, 0.05) is 12.8 Å². The third-order valence-corrected chi connectivity index (χ3v) is 5.70. The first-order chi connectivity index (χ1) is 15.9. The predicted octanol–water partition coefficient (Wildman–Crippen LogP) is 10.6. The molecule has 0 heterocycles. The molecule has 0 fully saturated rings. The third kappa shape index (κ3) is 16.2. The van der Waals surface area contributed by atoms with E-state index in [1.54, 1.807) is 0 Å². The van der Waals surface area contributed by atoms with E-state index < -0.39 is 0 Å². The fraction of sp³-hybridized carbons (Fsp3) is 0.562. The van der Waals surface area contributed by atoms with Crippen molar-refractivity contribution in [3.63, 3.8) is 0 Å². The summed E-state index contributed by atoms with van der Waals surface area (Å²) in [4.78, 5) is 0. The minimum absolute atomic E-state index is 0.0372. The van der Waals surface area contributed by atoms with Crippen molar-refractivity contribution in [2.45, 2.75) is 106 Å². The number of unbranched alkanes of at least 4 members (excludes halogenated alkanes) is 2. The Bertz CT molecular complexity index is 733. The number of hydrogen-bond acceptors (Lipinski definition) is 0. The van der Waals surface area contributed by atoms with Crippen LogP contribution in [0.3, 0.4) is 0 Å². The summed E-state index contributed by atoms with van der Waals surface area (Å²) in [6.45, 7) is 12.9. The van der Waals surface area contributed by atoms with Crippen LogP contribution >= 0.6 is 0 Å². The van der Waals surface area contributed by atoms with Crippen LogP contribution in [0.25, 0.3) is 0 Å². The second kappa shape index (κ2) is 20.5. The molecule has 0 aliphatic rings. The van der Waals surface area contributed by atoms with Gasteiger partial charge < -0.3 is 0 Å². The third-order valence-electron chi connectivity index (χ3n) is 5.70. The van der Waals surface area contributed by atoms with Crippen molar-refractivity contribution in [2.24, 2.45) is 11.8 Å². The van der Waals surface area contributed by atoms with Crippen molar-refractivity contribution in [2.75, 3.05) is 0 Å². The van der Waals surface area contributed by atoms with Gasteiger partial charge in [0.1, 0.15) is 5.83 Å². The van der Waals surface area contributed by atoms with E-state index in [9.17, 15) is 4.39 Å². The van der Waals surface area contributed by atoms with Crippen LogP contribution in [0, 0.1) is 24.2 Å². The van der Waals surface area contributed by atoms with Crippen molar-refractivity contribution < 1.29 is 4.39 Å². The molecule has 0 radical (unpaired) electrons. The number of terminal acetylenes is 1. The van der Waals surface area contributed by atoms with E-state index in [-0.39, 0.29) is 11.7 Å². The SMILES string of the molecule is C#CC/C=C(\C=C/CC(C)/C=C\C(=C/C)CCC)C(=C/CC)/C/C(F)=C\C(C)CCCCC. The van der Waals surface area contributed by atoms with Crippen molar-refractivity contribution in [3.05, 3.63) is 71.2 Å². The Morgan fingerprint density at radius 1 is 1.00 bits per heavy atom. The quantitative estimate of drug-likeness (QED) is 0.117. The van der Waals surface area contributed by atoms with Crippen LogP contribution in [0.15, 0.2) is 71.2 Å². The minimum Gasteiger partial charge on any atom is -0.212 e. The largest absolute Gasteiger partial charge is 0.212 e. The fourth-order valence-corrected chi connectivity index (χ4v) is 3.75. The molecule has 184 valence electrons. The van der Waals surface area contributed by atoms with Gasteiger partial charge in [0.25, 0.3) is 0 Å². The molecule has 0 N–H and O–H groups in total. The zero-order valence-electron chi connectivity index (χ0n) is 22.3. The summed E-state index contributed by atoms with van der Waals surface area (Å²) in [6.07, 6.45) is 32.2. The number of hydrogen-bond donors (Lipinski definition) is 0. The van der Waals surface area contributed by atoms with E-state index in [0.717, 1.165) is 49.7 Å². The van der Waals surface area contributed by atoms with Gasteiger partial charge in [-0.05, 0) is 61.7 Å². The van der Waals surface area contributed by atoms with Gasteiger partial charge in [-0.25, -0.2) is 4.39 Å². The van der Waals surface area contributed by atoms with Crippen LogP contribution in [-0.2, 0) is 0 Å². The Morgan fingerprint density at radius 2 is 1.76 bits per heavy atom. The summed E-state index contributed by atoms with van der Waals surface area (Å²) in [5, 5.41) is 0. The van der Waals surface area contributed by atoms with Crippen molar-refractivity contribution in [3.8, 4) is 12.3 Å². The molecule has 33 heavy (non-hydrogen) atoms. The molecule has 0 amide bonds. The van der Waals surface area contributed by atoms with E-state index in [4.69, 9.17) is 6.42 Å². The molecule has 0 aliphatic carbocycles. The van der Waals surface area contributed by atoms with Gasteiger partial charge in [0.05, 0.1) is 0 Å². The number of halogens is 1. The van der Waals surface area contributed by atoms with Crippen LogP contribution < -0.4 is 0 Å². The van der Waals surface area contributed by atoms with Gasteiger partial charge in [-0.3, -0.25) is 0 Å². The highest BCUT2D eigenvalue weighted by atomic mass is 19.1. The standard InChI is InChI=1S/C32H49F/c1-8-13-15-19-28(7)25-32(33)26-31(18-11-4)30(21-14-9-2)22-16-20-27(6)23-24-29(12-5)17-10-3/h2,12,16,18,21-25,27-28H,8,10-11,13-15,17,19-20,26H2,1,3-7H3/b22-16-,24-23-,29-12-,30-21+,31-18+,32-25+. The van der Waals surface area contributed by atoms with E-state index in [0.29, 0.717) is 18.8 Å². The van der Waals surface area contributed by atoms with Gasteiger partial charge >= 0.3 is 0 Å². The van der Waals surface area contributed by atoms with E-state index in [1.165, 1.54) is 18.4 Å². The van der Waals surface area contributed by atoms with Gasteiger partial charge in [-0.1, -0.05) is 108 Å². The molecule has 1 heteroatoms. The van der Waals surface area contributed by atoms with Crippen molar-refractivity contribution in [1.82, 2.24) is 0 Å². The molecule has 0 aromatic heterocycles. The lowest BCUT2D eigenvalue weighted by Gasteiger charge is -2.11. The molecule has 2 unspecified atom stereocenters. The normalized spacial score (nSPS) is 15.9. The molecule has 0 bridgehead atoms. The maximum absolute atomic E-state index is 14.9. The maximum Gasteiger partial charge on any atom is 0.101 e. The van der Waals surface area contributed by atoms with Crippen molar-refractivity contribution in [1.29, 1.82) is 0 Å². The lowest BCUT2D eigenvalue weighted by molar-refractivity contribution is 0.542. The number of allylic oxidation sites excluding steroid dienone is 12. The highest BCUT2D eigenvalue weighted by molar-refractivity contribution is 5.42. The fourth-order valence-electron chi connectivity index (χ4n) is 3.75. The molecule has 0 spiro atoms. The summed E-state index contributed by atoms with van der Waals surface area (Å²) in [6, 6.07) is 0. The summed E-state index contributed by atoms with van der Waals surface area (Å²) in [5.74, 6) is 3.38. The monoisotopic (exact) mass is 452 g/mol. The Balaban J connectivity index is 5.30. The summed E-state index contributed by atoms with van der Waals surface area (Å²) < 4.78 is 14.9. The summed E-state index contributed by atoms with van der Waals surface area (Å²) in [5.41, 5.74) is 3.47. The Labute approximate surface area is 205 Å². The second-order valence-corrected chi connectivity index (χ2v) is 9.06. The van der Waals surface area contributed by atoms with Gasteiger partial charge in [-0.2, -0.15) is 0 Å². The average molecular weight is 453 g/mol. The molecular formula is C32H49F. The molecule has 0 saturated heterocycles. The topological polar surface area (TPSA) is 0 Å². The zero-order chi connectivity index (χ0) is 24.9. The highest BCUT2D eigenvalue weighted by Crippen LogP contribution is 2.25. The predicted molar refractivity (Wildman–Crippen MR) is 148 cm³/mol. The first kappa shape index (κ1) is 30.9. The lowest BCUT2D eigenvalue weighted by atomic mass is 9.96. The van der Waals surface area contributed by atoms with Gasteiger partial charge in [0.15, 0.2) is 0 Å². The Kier molecular flexibility index (Phi) is 19.2.